The Morgan fingerprint density at radius 1 is 1.00 bits per heavy atom. The van der Waals surface area contributed by atoms with Gasteiger partial charge in [0.15, 0.2) is 0 Å². The molecule has 0 amide bonds. The number of benzene rings is 2. The summed E-state index contributed by atoms with van der Waals surface area (Å²) in [6, 6.07) is 13.9. The first-order chi connectivity index (χ1) is 14.9. The molecule has 2 N–H and O–H groups in total. The number of ether oxygens (including phenoxy) is 2. The van der Waals surface area contributed by atoms with E-state index in [0.29, 0.717) is 21.2 Å². The van der Waals surface area contributed by atoms with Crippen molar-refractivity contribution < 1.29 is 24.2 Å². The van der Waals surface area contributed by atoms with Gasteiger partial charge in [-0.3, -0.25) is 9.59 Å². The van der Waals surface area contributed by atoms with E-state index in [0.717, 1.165) is 22.5 Å². The molecule has 0 saturated heterocycles. The maximum atomic E-state index is 12.5. The Bertz CT molecular complexity index is 1170. The van der Waals surface area contributed by atoms with Crippen molar-refractivity contribution >= 4 is 35.0 Å². The summed E-state index contributed by atoms with van der Waals surface area (Å²) in [5.74, 6) is -2.11. The summed E-state index contributed by atoms with van der Waals surface area (Å²) in [4.78, 5) is 39.7. The van der Waals surface area contributed by atoms with E-state index in [9.17, 15) is 19.5 Å². The highest BCUT2D eigenvalue weighted by Gasteiger charge is 2.45. The van der Waals surface area contributed by atoms with Gasteiger partial charge in [-0.05, 0) is 35.4 Å². The van der Waals surface area contributed by atoms with Crippen LogP contribution in [0.5, 0.6) is 5.75 Å². The van der Waals surface area contributed by atoms with Crippen molar-refractivity contribution in [2.24, 2.45) is 5.92 Å². The molecule has 0 saturated carbocycles. The smallest absolute Gasteiger partial charge is 0.337 e. The van der Waals surface area contributed by atoms with Crippen LogP contribution in [0.25, 0.3) is 0 Å². The van der Waals surface area contributed by atoms with Gasteiger partial charge >= 0.3 is 16.8 Å². The van der Waals surface area contributed by atoms with Gasteiger partial charge in [0.2, 0.25) is 0 Å². The average molecular weight is 458 g/mol. The molecule has 0 unspecified atom stereocenters. The number of carbonyl (C=O) groups excluding carboxylic acids is 1. The molecule has 2 heterocycles. The Balaban J connectivity index is 1.83. The number of thiazole rings is 1. The van der Waals surface area contributed by atoms with Crippen molar-refractivity contribution in [3.8, 4) is 5.75 Å². The highest BCUT2D eigenvalue weighted by molar-refractivity contribution is 7.99. The molecule has 1 aliphatic rings. The van der Waals surface area contributed by atoms with Gasteiger partial charge in [0.25, 0.3) is 0 Å². The van der Waals surface area contributed by atoms with Crippen LogP contribution in [0.4, 0.5) is 0 Å². The summed E-state index contributed by atoms with van der Waals surface area (Å²) in [7, 11) is 2.87. The van der Waals surface area contributed by atoms with Crippen LogP contribution in [0.1, 0.15) is 37.5 Å². The van der Waals surface area contributed by atoms with Crippen molar-refractivity contribution in [3.63, 3.8) is 0 Å². The van der Waals surface area contributed by atoms with Gasteiger partial charge in [0, 0.05) is 10.8 Å². The first-order valence-corrected chi connectivity index (χ1v) is 11.1. The van der Waals surface area contributed by atoms with Crippen LogP contribution in [-0.2, 0) is 9.53 Å². The number of hydrogen-bond donors (Lipinski definition) is 2. The minimum absolute atomic E-state index is 0.229. The number of thioether (sulfide) groups is 1. The Kier molecular flexibility index (Phi) is 5.88. The summed E-state index contributed by atoms with van der Waals surface area (Å²) in [5, 5.41) is 10.5. The SMILES string of the molecule is COC(=O)c1ccc([C@@H]2c3sc(=O)[nH]c3S[C@H](c3ccc(OC)cc3)[C@@H]2C(=O)O)cc1. The van der Waals surface area contributed by atoms with E-state index in [1.807, 2.05) is 12.1 Å². The van der Waals surface area contributed by atoms with Gasteiger partial charge in [0.05, 0.1) is 36.0 Å². The van der Waals surface area contributed by atoms with E-state index in [2.05, 4.69) is 4.98 Å². The largest absolute Gasteiger partial charge is 0.497 e. The normalized spacial score (nSPS) is 20.0. The number of aromatic amines is 1. The summed E-state index contributed by atoms with van der Waals surface area (Å²) in [5.41, 5.74) is 1.92. The van der Waals surface area contributed by atoms with Crippen molar-refractivity contribution in [3.05, 3.63) is 79.8 Å². The molecule has 0 fully saturated rings. The van der Waals surface area contributed by atoms with Gasteiger partial charge in [-0.1, -0.05) is 47.4 Å². The number of hydrogen-bond acceptors (Lipinski definition) is 7. The Morgan fingerprint density at radius 3 is 2.23 bits per heavy atom. The van der Waals surface area contributed by atoms with Crippen molar-refractivity contribution in [1.29, 1.82) is 0 Å². The maximum absolute atomic E-state index is 12.5. The lowest BCUT2D eigenvalue weighted by Crippen LogP contribution is -2.30. The van der Waals surface area contributed by atoms with E-state index in [1.54, 1.807) is 43.5 Å². The predicted octanol–water partition coefficient (Wildman–Crippen LogP) is 3.91. The summed E-state index contributed by atoms with van der Waals surface area (Å²) < 4.78 is 9.96. The number of carbonyl (C=O) groups is 2. The van der Waals surface area contributed by atoms with E-state index in [4.69, 9.17) is 9.47 Å². The number of aromatic nitrogens is 1. The second-order valence-electron chi connectivity index (χ2n) is 6.97. The molecule has 7 nitrogen and oxygen atoms in total. The monoisotopic (exact) mass is 457 g/mol. The number of esters is 1. The van der Waals surface area contributed by atoms with Gasteiger partial charge in [0.1, 0.15) is 5.75 Å². The number of nitrogens with one attached hydrogen (secondary N) is 1. The van der Waals surface area contributed by atoms with Crippen molar-refractivity contribution in [2.45, 2.75) is 16.2 Å². The van der Waals surface area contributed by atoms with Crippen LogP contribution >= 0.6 is 23.1 Å². The maximum Gasteiger partial charge on any atom is 0.337 e. The minimum Gasteiger partial charge on any atom is -0.497 e. The lowest BCUT2D eigenvalue weighted by atomic mass is 9.80. The topological polar surface area (TPSA) is 106 Å². The number of carboxylic acid groups (broad SMARTS) is 1. The quantitative estimate of drug-likeness (QED) is 0.560. The molecule has 3 atom stereocenters. The van der Waals surface area contributed by atoms with Crippen LogP contribution in [0.15, 0.2) is 58.4 Å². The molecule has 1 aromatic heterocycles. The summed E-state index contributed by atoms with van der Waals surface area (Å²) in [6.07, 6.45) is 0. The third-order valence-electron chi connectivity index (χ3n) is 5.27. The molecule has 160 valence electrons. The molecule has 0 spiro atoms. The Hall–Kier alpha value is -3.04. The Morgan fingerprint density at radius 2 is 1.65 bits per heavy atom. The molecular weight excluding hydrogens is 438 g/mol. The van der Waals surface area contributed by atoms with Crippen LogP contribution in [-0.4, -0.2) is 36.2 Å². The molecule has 9 heteroatoms. The summed E-state index contributed by atoms with van der Waals surface area (Å²) in [6.45, 7) is 0. The number of methoxy groups -OCH3 is 2. The number of fused-ring (bicyclic) bond motifs is 1. The van der Waals surface area contributed by atoms with E-state index in [-0.39, 0.29) is 4.87 Å². The number of aliphatic carboxylic acids is 1. The molecule has 4 rings (SSSR count). The van der Waals surface area contributed by atoms with Crippen LogP contribution in [0, 0.1) is 5.92 Å². The number of carboxylic acids is 1. The first kappa shape index (κ1) is 21.2. The number of H-pyrrole nitrogens is 1. The minimum atomic E-state index is -0.957. The molecule has 1 aliphatic heterocycles. The standard InChI is InChI=1S/C22H19NO6S2/c1-28-14-9-7-12(8-10-14)17-16(20(24)25)15(18-19(30-17)23-22(27)31-18)11-3-5-13(6-4-11)21(26)29-2/h3-10,15-17H,1-2H3,(H,23,27)(H,24,25)/t15-,16+,17+/m0/s1. The average Bonchev–Trinajstić information content (AvgIpc) is 3.17. The van der Waals surface area contributed by atoms with Crippen LogP contribution < -0.4 is 9.61 Å². The third-order valence-corrected chi connectivity index (χ3v) is 7.75. The van der Waals surface area contributed by atoms with Crippen LogP contribution in [0.3, 0.4) is 0 Å². The Labute approximate surface area is 186 Å². The van der Waals surface area contributed by atoms with E-state index < -0.39 is 29.0 Å². The molecule has 0 radical (unpaired) electrons. The van der Waals surface area contributed by atoms with Gasteiger partial charge in [-0.2, -0.15) is 0 Å². The van der Waals surface area contributed by atoms with E-state index >= 15 is 0 Å². The fourth-order valence-corrected chi connectivity index (χ4v) is 6.40. The molecule has 0 bridgehead atoms. The fourth-order valence-electron chi connectivity index (χ4n) is 3.80. The van der Waals surface area contributed by atoms with Gasteiger partial charge in [-0.15, -0.1) is 0 Å². The van der Waals surface area contributed by atoms with Crippen LogP contribution in [0.2, 0.25) is 0 Å². The van der Waals surface area contributed by atoms with Crippen molar-refractivity contribution in [1.82, 2.24) is 4.98 Å². The first-order valence-electron chi connectivity index (χ1n) is 9.37. The summed E-state index contributed by atoms with van der Waals surface area (Å²) >= 11 is 2.38. The predicted molar refractivity (Wildman–Crippen MR) is 117 cm³/mol. The second kappa shape index (κ2) is 8.60. The van der Waals surface area contributed by atoms with Crippen molar-refractivity contribution in [2.75, 3.05) is 14.2 Å². The molecule has 0 aliphatic carbocycles. The highest BCUT2D eigenvalue weighted by Crippen LogP contribution is 2.55. The van der Waals surface area contributed by atoms with Gasteiger partial charge in [-0.25, -0.2) is 4.79 Å². The molecule has 3 aromatic rings. The molecule has 31 heavy (non-hydrogen) atoms. The number of rotatable bonds is 5. The zero-order valence-corrected chi connectivity index (χ0v) is 18.3. The zero-order chi connectivity index (χ0) is 22.1. The molecular formula is C22H19NO6S2. The third kappa shape index (κ3) is 3.98. The second-order valence-corrected chi connectivity index (χ2v) is 9.14. The fraction of sp³-hybridized carbons (Fsp3) is 0.227. The highest BCUT2D eigenvalue weighted by atomic mass is 32.2. The lowest BCUT2D eigenvalue weighted by molar-refractivity contribution is -0.142. The van der Waals surface area contributed by atoms with Gasteiger partial charge < -0.3 is 19.6 Å². The lowest BCUT2D eigenvalue weighted by Gasteiger charge is -2.35. The molecule has 2 aromatic carbocycles. The van der Waals surface area contributed by atoms with E-state index in [1.165, 1.54) is 18.9 Å². The zero-order valence-electron chi connectivity index (χ0n) is 16.7.